The molecule has 0 heterocycles. The highest BCUT2D eigenvalue weighted by molar-refractivity contribution is 6.64. The fourth-order valence-electron chi connectivity index (χ4n) is 0.715. The summed E-state index contributed by atoms with van der Waals surface area (Å²) in [6.45, 7) is 2.32. The van der Waals surface area contributed by atoms with E-state index in [4.69, 9.17) is 0 Å². The molecule has 0 amide bonds. The first-order chi connectivity index (χ1) is 5.22. The molecule has 68 valence electrons. The lowest BCUT2D eigenvalue weighted by molar-refractivity contribution is 0.785. The molecule has 0 aromatic rings. The Morgan fingerprint density at radius 1 is 1.55 bits per heavy atom. The van der Waals surface area contributed by atoms with Crippen LogP contribution < -0.4 is 14.3 Å². The van der Waals surface area contributed by atoms with Gasteiger partial charge >= 0.3 is 0 Å². The SMILES string of the molecule is CN[SiH](C)N(C)[SiH2]N[SiH2]N[SiH3]. The Kier molecular flexibility index (Phi) is 7.84. The zero-order valence-electron chi connectivity index (χ0n) is 7.94. The van der Waals surface area contributed by atoms with E-state index in [1.54, 1.807) is 0 Å². The van der Waals surface area contributed by atoms with Gasteiger partial charge in [0.2, 0.25) is 0 Å². The lowest BCUT2D eigenvalue weighted by Gasteiger charge is -2.22. The quantitative estimate of drug-likeness (QED) is 0.314. The second-order valence-electron chi connectivity index (χ2n) is 2.66. The van der Waals surface area contributed by atoms with Crippen molar-refractivity contribution in [3.8, 4) is 0 Å². The van der Waals surface area contributed by atoms with Gasteiger partial charge in [-0.1, -0.05) is 0 Å². The molecule has 4 nitrogen and oxygen atoms in total. The molecule has 1 atom stereocenters. The van der Waals surface area contributed by atoms with E-state index in [1.807, 2.05) is 0 Å². The largest absolute Gasteiger partial charge is 0.360 e. The first-order valence-electron chi connectivity index (χ1n) is 3.95. The van der Waals surface area contributed by atoms with Crippen molar-refractivity contribution >= 4 is 39.2 Å². The van der Waals surface area contributed by atoms with E-state index in [2.05, 4.69) is 39.2 Å². The van der Waals surface area contributed by atoms with Crippen LogP contribution in [0.25, 0.3) is 0 Å². The summed E-state index contributed by atoms with van der Waals surface area (Å²) in [5.74, 6) is 0. The zero-order valence-corrected chi connectivity index (χ0v) is 13.9. The molecule has 3 N–H and O–H groups in total. The standard InChI is InChI=1S/C3H20N4Si4/c1-4-11(3)7(2)10-6-9-5-8/h4-6,11H,9-10H2,1-3,8H3. The molecule has 0 rings (SSSR count). The first kappa shape index (κ1) is 11.7. The fraction of sp³-hybridized carbons (Fsp3) is 1.00. The summed E-state index contributed by atoms with van der Waals surface area (Å²) in [6, 6.07) is 0. The number of rotatable bonds is 6. The minimum Gasteiger partial charge on any atom is -0.360 e. The molecule has 0 saturated carbocycles. The molecule has 0 aliphatic heterocycles. The molecular formula is C3H20N4Si4. The van der Waals surface area contributed by atoms with Gasteiger partial charge in [-0.15, -0.1) is 0 Å². The van der Waals surface area contributed by atoms with E-state index < -0.39 is 9.12 Å². The van der Waals surface area contributed by atoms with Gasteiger partial charge in [0.25, 0.3) is 0 Å². The van der Waals surface area contributed by atoms with Crippen molar-refractivity contribution in [1.82, 2.24) is 18.5 Å². The second-order valence-corrected chi connectivity index (χ2v) is 12.7. The Hall–Kier alpha value is 0.708. The summed E-state index contributed by atoms with van der Waals surface area (Å²) < 4.78 is 9.44. The topological polar surface area (TPSA) is 39.3 Å². The smallest absolute Gasteiger partial charge is 0.177 e. The minimum absolute atomic E-state index is 0.0845. The van der Waals surface area contributed by atoms with Crippen molar-refractivity contribution in [2.45, 2.75) is 6.55 Å². The van der Waals surface area contributed by atoms with Gasteiger partial charge in [-0.3, -0.25) is 0 Å². The van der Waals surface area contributed by atoms with E-state index in [9.17, 15) is 0 Å². The number of nitrogens with zero attached hydrogens (tertiary/aromatic N) is 1. The molecule has 0 aromatic heterocycles. The summed E-state index contributed by atoms with van der Waals surface area (Å²) in [5.41, 5.74) is 0. The highest BCUT2D eigenvalue weighted by Crippen LogP contribution is 1.78. The van der Waals surface area contributed by atoms with Crippen LogP contribution >= 0.6 is 0 Å². The van der Waals surface area contributed by atoms with E-state index in [-0.39, 0.29) is 19.7 Å². The van der Waals surface area contributed by atoms with Crippen LogP contribution in [0.5, 0.6) is 0 Å². The van der Waals surface area contributed by atoms with Gasteiger partial charge in [0.1, 0.15) is 0 Å². The Morgan fingerprint density at radius 3 is 2.64 bits per heavy atom. The summed E-state index contributed by atoms with van der Waals surface area (Å²) in [4.78, 5) is 3.35. The van der Waals surface area contributed by atoms with Crippen molar-refractivity contribution in [2.24, 2.45) is 0 Å². The maximum atomic E-state index is 3.57. The van der Waals surface area contributed by atoms with Crippen LogP contribution in [-0.4, -0.2) is 57.5 Å². The number of hydrogen-bond acceptors (Lipinski definition) is 4. The molecule has 0 aromatic carbocycles. The van der Waals surface area contributed by atoms with Gasteiger partial charge in [0, 0.05) is 0 Å². The van der Waals surface area contributed by atoms with Crippen molar-refractivity contribution < 1.29 is 0 Å². The average molecular weight is 225 g/mol. The van der Waals surface area contributed by atoms with Crippen LogP contribution in [0.2, 0.25) is 6.55 Å². The summed E-state index contributed by atoms with van der Waals surface area (Å²) >= 11 is 0. The number of hydrogen-bond donors (Lipinski definition) is 3. The van der Waals surface area contributed by atoms with Crippen LogP contribution in [-0.2, 0) is 0 Å². The molecular weight excluding hydrogens is 204 g/mol. The Morgan fingerprint density at radius 2 is 2.18 bits per heavy atom. The average Bonchev–Trinajstić information content (AvgIpc) is 2.03. The maximum absolute atomic E-state index is 3.57. The van der Waals surface area contributed by atoms with Crippen LogP contribution in [0.15, 0.2) is 0 Å². The molecule has 1 unspecified atom stereocenters. The molecule has 0 spiro atoms. The van der Waals surface area contributed by atoms with Crippen LogP contribution in [0, 0.1) is 0 Å². The van der Waals surface area contributed by atoms with E-state index in [1.165, 1.54) is 0 Å². The molecule has 11 heavy (non-hydrogen) atoms. The van der Waals surface area contributed by atoms with Crippen LogP contribution in [0.3, 0.4) is 0 Å². The molecule has 0 bridgehead atoms. The normalized spacial score (nSPS) is 16.4. The van der Waals surface area contributed by atoms with E-state index in [0.29, 0.717) is 0 Å². The van der Waals surface area contributed by atoms with Crippen molar-refractivity contribution in [1.29, 1.82) is 0 Å². The van der Waals surface area contributed by atoms with Gasteiger partial charge in [-0.25, -0.2) is 0 Å². The monoisotopic (exact) mass is 224 g/mol. The van der Waals surface area contributed by atoms with E-state index >= 15 is 0 Å². The Bertz CT molecular complexity index is 93.4. The van der Waals surface area contributed by atoms with Gasteiger partial charge in [0.15, 0.2) is 28.8 Å². The highest BCUT2D eigenvalue weighted by Gasteiger charge is 2.06. The minimum atomic E-state index is -0.730. The molecule has 8 heteroatoms. The van der Waals surface area contributed by atoms with Crippen molar-refractivity contribution in [3.05, 3.63) is 0 Å². The molecule has 0 radical (unpaired) electrons. The fourth-order valence-corrected chi connectivity index (χ4v) is 9.07. The Labute approximate surface area is 78.7 Å². The summed E-state index contributed by atoms with van der Waals surface area (Å²) in [7, 11) is 4.49. The second kappa shape index (κ2) is 7.36. The van der Waals surface area contributed by atoms with Gasteiger partial charge in [0.05, 0.1) is 10.4 Å². The predicted molar refractivity (Wildman–Crippen MR) is 63.1 cm³/mol. The van der Waals surface area contributed by atoms with Crippen molar-refractivity contribution in [2.75, 3.05) is 14.1 Å². The summed E-state index contributed by atoms with van der Waals surface area (Å²) in [5, 5.41) is 0. The molecule has 0 aliphatic carbocycles. The van der Waals surface area contributed by atoms with Gasteiger partial charge < -0.3 is 18.5 Å². The predicted octanol–water partition coefficient (Wildman–Crippen LogP) is -4.55. The third-order valence-electron chi connectivity index (χ3n) is 1.74. The molecule has 0 fully saturated rings. The van der Waals surface area contributed by atoms with Crippen molar-refractivity contribution in [3.63, 3.8) is 0 Å². The summed E-state index contributed by atoms with van der Waals surface area (Å²) in [6.07, 6.45) is 0. The molecule has 0 aliphatic rings. The lowest BCUT2D eigenvalue weighted by Crippen LogP contribution is -2.52. The zero-order chi connectivity index (χ0) is 8.69. The molecule has 0 saturated heterocycles. The third kappa shape index (κ3) is 5.92. The Balaban J connectivity index is 3.28. The number of nitrogens with one attached hydrogen (secondary N) is 3. The maximum Gasteiger partial charge on any atom is 0.177 e. The lowest BCUT2D eigenvalue weighted by atomic mass is 11.6. The van der Waals surface area contributed by atoms with E-state index in [0.717, 1.165) is 10.4 Å². The van der Waals surface area contributed by atoms with Gasteiger partial charge in [-0.05, 0) is 20.6 Å². The van der Waals surface area contributed by atoms with Crippen LogP contribution in [0.1, 0.15) is 0 Å². The van der Waals surface area contributed by atoms with Crippen LogP contribution in [0.4, 0.5) is 0 Å². The third-order valence-corrected chi connectivity index (χ3v) is 9.90. The van der Waals surface area contributed by atoms with Gasteiger partial charge in [-0.2, -0.15) is 0 Å². The highest BCUT2D eigenvalue weighted by atomic mass is 28.4. The first-order valence-corrected chi connectivity index (χ1v) is 9.95.